The number of hydrogen-bond donors (Lipinski definition) is 3. The monoisotopic (exact) mass is 357 g/mol. The number of fused-ring (bicyclic) bond motifs is 2. The molecule has 2 atom stereocenters. The molecule has 2 aliphatic carbocycles. The van der Waals surface area contributed by atoms with Gasteiger partial charge in [-0.3, -0.25) is 20.0 Å². The molecule has 3 rings (SSSR count). The summed E-state index contributed by atoms with van der Waals surface area (Å²) >= 11 is 0. The fraction of sp³-hybridized carbons (Fsp3) is 0.733. The van der Waals surface area contributed by atoms with Gasteiger partial charge in [-0.2, -0.15) is 4.98 Å². The van der Waals surface area contributed by atoms with E-state index in [0.29, 0.717) is 17.7 Å². The lowest BCUT2D eigenvalue weighted by Crippen LogP contribution is -2.48. The van der Waals surface area contributed by atoms with E-state index in [1.165, 1.54) is 13.5 Å². The lowest BCUT2D eigenvalue weighted by Gasteiger charge is -2.43. The van der Waals surface area contributed by atoms with Crippen LogP contribution in [0.5, 0.6) is 0 Å². The molecule has 2 aliphatic rings. The van der Waals surface area contributed by atoms with Crippen molar-refractivity contribution in [3.05, 3.63) is 5.82 Å². The van der Waals surface area contributed by atoms with E-state index in [9.17, 15) is 9.59 Å². The van der Waals surface area contributed by atoms with Crippen LogP contribution >= 0.6 is 12.4 Å². The van der Waals surface area contributed by atoms with Crippen LogP contribution in [0.1, 0.15) is 37.9 Å². The number of anilines is 1. The summed E-state index contributed by atoms with van der Waals surface area (Å²) in [6, 6.07) is 0.239. The van der Waals surface area contributed by atoms with Crippen LogP contribution in [0.25, 0.3) is 0 Å². The Morgan fingerprint density at radius 3 is 2.62 bits per heavy atom. The highest BCUT2D eigenvalue weighted by Gasteiger charge is 2.40. The second-order valence-corrected chi connectivity index (χ2v) is 6.54. The van der Waals surface area contributed by atoms with Crippen molar-refractivity contribution in [1.29, 1.82) is 0 Å². The zero-order valence-electron chi connectivity index (χ0n) is 13.7. The normalized spacial score (nSPS) is 28.6. The minimum atomic E-state index is -0.409. The second-order valence-electron chi connectivity index (χ2n) is 6.54. The molecule has 1 aromatic rings. The van der Waals surface area contributed by atoms with Crippen LogP contribution in [-0.4, -0.2) is 40.2 Å². The largest absolute Gasteiger partial charge is 0.469 e. The molecule has 0 spiro atoms. The first-order valence-corrected chi connectivity index (χ1v) is 8.11. The quantitative estimate of drug-likeness (QED) is 0.692. The fourth-order valence-corrected chi connectivity index (χ4v) is 3.85. The van der Waals surface area contributed by atoms with Crippen molar-refractivity contribution < 1.29 is 14.3 Å². The van der Waals surface area contributed by atoms with E-state index in [-0.39, 0.29) is 42.6 Å². The maximum atomic E-state index is 12.5. The molecule has 9 heteroatoms. The number of carbonyl (C=O) groups is 2. The van der Waals surface area contributed by atoms with Crippen LogP contribution < -0.4 is 11.1 Å². The molecule has 134 valence electrons. The van der Waals surface area contributed by atoms with Crippen LogP contribution in [0.4, 0.5) is 5.95 Å². The van der Waals surface area contributed by atoms with Crippen molar-refractivity contribution in [2.24, 2.45) is 23.5 Å². The van der Waals surface area contributed by atoms with Crippen molar-refractivity contribution >= 4 is 30.2 Å². The Balaban J connectivity index is 0.00000208. The average molecular weight is 358 g/mol. The first kappa shape index (κ1) is 18.7. The maximum Gasteiger partial charge on any atom is 0.313 e. The summed E-state index contributed by atoms with van der Waals surface area (Å²) in [5.41, 5.74) is 6.26. The molecule has 4 N–H and O–H groups in total. The van der Waals surface area contributed by atoms with E-state index in [4.69, 9.17) is 5.73 Å². The van der Waals surface area contributed by atoms with Crippen LogP contribution in [0.2, 0.25) is 0 Å². The molecular weight excluding hydrogens is 334 g/mol. The Morgan fingerprint density at radius 2 is 2.00 bits per heavy atom. The van der Waals surface area contributed by atoms with Crippen LogP contribution in [-0.2, 0) is 20.7 Å². The average Bonchev–Trinajstić information content (AvgIpc) is 2.93. The molecule has 1 aromatic heterocycles. The number of aromatic nitrogens is 3. The number of amides is 1. The molecule has 0 radical (unpaired) electrons. The first-order chi connectivity index (χ1) is 11.1. The van der Waals surface area contributed by atoms with Gasteiger partial charge in [-0.1, -0.05) is 6.42 Å². The van der Waals surface area contributed by atoms with E-state index < -0.39 is 5.97 Å². The second kappa shape index (κ2) is 7.94. The Hall–Kier alpha value is -1.67. The molecule has 0 saturated heterocycles. The van der Waals surface area contributed by atoms with Crippen molar-refractivity contribution in [2.45, 2.75) is 44.6 Å². The van der Waals surface area contributed by atoms with Crippen molar-refractivity contribution in [2.75, 3.05) is 12.4 Å². The van der Waals surface area contributed by atoms with Gasteiger partial charge in [0.05, 0.1) is 7.11 Å². The SMILES string of the molecule is COC(=O)Cc1nc(NC(=O)C2CC3CCCC(C2)C3N)n[nH]1.Cl. The van der Waals surface area contributed by atoms with Crippen LogP contribution in [0.3, 0.4) is 0 Å². The summed E-state index contributed by atoms with van der Waals surface area (Å²) in [4.78, 5) is 27.7. The number of carbonyl (C=O) groups excluding carboxylic acids is 2. The first-order valence-electron chi connectivity index (χ1n) is 8.11. The number of nitrogens with two attached hydrogens (primary N) is 1. The lowest BCUT2D eigenvalue weighted by atomic mass is 9.65. The van der Waals surface area contributed by atoms with Gasteiger partial charge >= 0.3 is 5.97 Å². The zero-order chi connectivity index (χ0) is 16.4. The Labute approximate surface area is 146 Å². The third kappa shape index (κ3) is 4.05. The summed E-state index contributed by atoms with van der Waals surface area (Å²) in [7, 11) is 1.31. The number of nitrogens with zero attached hydrogens (tertiary/aromatic N) is 2. The fourth-order valence-electron chi connectivity index (χ4n) is 3.85. The number of methoxy groups -OCH3 is 1. The maximum absolute atomic E-state index is 12.5. The number of nitrogens with one attached hydrogen (secondary N) is 2. The van der Waals surface area contributed by atoms with E-state index in [1.807, 2.05) is 0 Å². The number of H-pyrrole nitrogens is 1. The molecule has 1 heterocycles. The highest BCUT2D eigenvalue weighted by Crippen LogP contribution is 2.42. The predicted molar refractivity (Wildman–Crippen MR) is 89.5 cm³/mol. The van der Waals surface area contributed by atoms with E-state index in [2.05, 4.69) is 25.2 Å². The highest BCUT2D eigenvalue weighted by molar-refractivity contribution is 5.91. The molecule has 2 bridgehead atoms. The molecule has 2 saturated carbocycles. The predicted octanol–water partition coefficient (Wildman–Crippen LogP) is 1.03. The topological polar surface area (TPSA) is 123 Å². The summed E-state index contributed by atoms with van der Waals surface area (Å²) in [6.07, 6.45) is 5.12. The number of halogens is 1. The minimum Gasteiger partial charge on any atom is -0.469 e. The van der Waals surface area contributed by atoms with Crippen LogP contribution in [0, 0.1) is 17.8 Å². The molecular formula is C15H24ClN5O3. The van der Waals surface area contributed by atoms with Gasteiger partial charge in [0.15, 0.2) is 0 Å². The van der Waals surface area contributed by atoms with Gasteiger partial charge < -0.3 is 10.5 Å². The molecule has 1 amide bonds. The van der Waals surface area contributed by atoms with Gasteiger partial charge in [0, 0.05) is 12.0 Å². The number of hydrogen-bond acceptors (Lipinski definition) is 6. The Kier molecular flexibility index (Phi) is 6.17. The van der Waals surface area contributed by atoms with Crippen molar-refractivity contribution in [1.82, 2.24) is 15.2 Å². The molecule has 2 unspecified atom stereocenters. The summed E-state index contributed by atoms with van der Waals surface area (Å²) in [5.74, 6) is 0.961. The van der Waals surface area contributed by atoms with E-state index in [0.717, 1.165) is 25.7 Å². The van der Waals surface area contributed by atoms with Gasteiger partial charge in [0.1, 0.15) is 12.2 Å². The minimum absolute atomic E-state index is 0. The van der Waals surface area contributed by atoms with Crippen LogP contribution in [0.15, 0.2) is 0 Å². The van der Waals surface area contributed by atoms with Gasteiger partial charge in [-0.25, -0.2) is 0 Å². The third-order valence-corrected chi connectivity index (χ3v) is 5.09. The van der Waals surface area contributed by atoms with Gasteiger partial charge in [-0.05, 0) is 37.5 Å². The third-order valence-electron chi connectivity index (χ3n) is 5.09. The lowest BCUT2D eigenvalue weighted by molar-refractivity contribution is -0.139. The number of rotatable bonds is 4. The van der Waals surface area contributed by atoms with Gasteiger partial charge in [0.25, 0.3) is 0 Å². The molecule has 2 fully saturated rings. The van der Waals surface area contributed by atoms with Crippen molar-refractivity contribution in [3.8, 4) is 0 Å². The molecule has 8 nitrogen and oxygen atoms in total. The smallest absolute Gasteiger partial charge is 0.313 e. The summed E-state index contributed by atoms with van der Waals surface area (Å²) in [6.45, 7) is 0. The molecule has 24 heavy (non-hydrogen) atoms. The Bertz CT molecular complexity index is 579. The molecule has 0 aromatic carbocycles. The van der Waals surface area contributed by atoms with E-state index in [1.54, 1.807) is 0 Å². The highest BCUT2D eigenvalue weighted by atomic mass is 35.5. The summed E-state index contributed by atoms with van der Waals surface area (Å²) < 4.78 is 4.57. The number of ether oxygens (including phenoxy) is 1. The zero-order valence-corrected chi connectivity index (χ0v) is 14.5. The molecule has 0 aliphatic heterocycles. The van der Waals surface area contributed by atoms with Gasteiger partial charge in [-0.15, -0.1) is 17.5 Å². The number of aromatic amines is 1. The van der Waals surface area contributed by atoms with Crippen molar-refractivity contribution in [3.63, 3.8) is 0 Å². The van der Waals surface area contributed by atoms with E-state index >= 15 is 0 Å². The van der Waals surface area contributed by atoms with Gasteiger partial charge in [0.2, 0.25) is 11.9 Å². The Morgan fingerprint density at radius 1 is 1.33 bits per heavy atom. The number of esters is 1. The standard InChI is InChI=1S/C15H23N5O3.ClH/c1-23-12(21)7-11-17-15(20-19-11)18-14(22)10-5-8-3-2-4-9(6-10)13(8)16;/h8-10,13H,2-7,16H2,1H3,(H2,17,18,19,20,22);1H. The summed E-state index contributed by atoms with van der Waals surface area (Å²) in [5, 5.41) is 9.30.